The number of oxazole rings is 1. The zero-order valence-corrected chi connectivity index (χ0v) is 23.9. The third kappa shape index (κ3) is 9.44. The van der Waals surface area contributed by atoms with Gasteiger partial charge in [-0.25, -0.2) is 23.1 Å². The van der Waals surface area contributed by atoms with E-state index in [0.717, 1.165) is 37.0 Å². The molecule has 0 amide bonds. The van der Waals surface area contributed by atoms with Gasteiger partial charge in [0.15, 0.2) is 0 Å². The summed E-state index contributed by atoms with van der Waals surface area (Å²) in [5.74, 6) is 1.40. The molecule has 0 unspecified atom stereocenters. The van der Waals surface area contributed by atoms with Gasteiger partial charge in [-0.15, -0.1) is 0 Å². The number of hydrogen-bond donors (Lipinski definition) is 1. The Kier molecular flexibility index (Phi) is 10.5. The Morgan fingerprint density at radius 1 is 0.932 bits per heavy atom. The van der Waals surface area contributed by atoms with Crippen molar-refractivity contribution in [3.63, 3.8) is 0 Å². The maximum atomic E-state index is 12.7. The van der Waals surface area contributed by atoms with Gasteiger partial charge in [0, 0.05) is 38.0 Å². The van der Waals surface area contributed by atoms with E-state index in [4.69, 9.17) is 9.15 Å². The topological polar surface area (TPSA) is 99.2 Å². The molecule has 0 saturated carbocycles. The number of aryl methyl sites for hydroxylation is 2. The first-order valence-electron chi connectivity index (χ1n) is 13.4. The van der Waals surface area contributed by atoms with Crippen molar-refractivity contribution in [2.75, 3.05) is 6.54 Å². The molecule has 0 aliphatic heterocycles. The number of alkyl halides is 6. The fourth-order valence-electron chi connectivity index (χ4n) is 4.09. The van der Waals surface area contributed by atoms with Crippen LogP contribution in [0.5, 0.6) is 5.75 Å². The van der Waals surface area contributed by atoms with Crippen LogP contribution in [0.2, 0.25) is 0 Å². The molecular weight excluding hydrogens is 614 g/mol. The number of halogens is 6. The average Bonchev–Trinajstić information content (AvgIpc) is 3.62. The van der Waals surface area contributed by atoms with Crippen LogP contribution in [0, 0.1) is 0 Å². The van der Waals surface area contributed by atoms with Gasteiger partial charge in [-0.1, -0.05) is 24.3 Å². The van der Waals surface area contributed by atoms with E-state index >= 15 is 0 Å². The molecule has 15 heteroatoms. The Bertz CT molecular complexity index is 1630. The minimum Gasteiger partial charge on any atom is -0.487 e. The van der Waals surface area contributed by atoms with Crippen molar-refractivity contribution in [1.29, 1.82) is 0 Å². The monoisotopic (exact) mass is 642 g/mol. The molecule has 2 aromatic carbocycles. The molecule has 4 aromatic rings. The van der Waals surface area contributed by atoms with Crippen molar-refractivity contribution < 1.29 is 43.9 Å². The van der Waals surface area contributed by atoms with Crippen molar-refractivity contribution >= 4 is 22.2 Å². The Morgan fingerprint density at radius 3 is 2.34 bits per heavy atom. The number of benzene rings is 2. The van der Waals surface area contributed by atoms with Gasteiger partial charge in [-0.05, 0) is 60.7 Å². The quantitative estimate of drug-likeness (QED) is 0.122. The predicted molar refractivity (Wildman–Crippen MR) is 149 cm³/mol. The minimum absolute atomic E-state index is 0.0266. The third-order valence-electron chi connectivity index (χ3n) is 6.40. The normalized spacial score (nSPS) is 12.7. The highest BCUT2D eigenvalue weighted by Gasteiger charge is 2.45. The predicted octanol–water partition coefficient (Wildman–Crippen LogP) is 6.64. The van der Waals surface area contributed by atoms with Crippen molar-refractivity contribution in [3.05, 3.63) is 101 Å². The fraction of sp³-hybridized carbons (Fsp3) is 0.310. The molecule has 0 atom stereocenters. The van der Waals surface area contributed by atoms with Gasteiger partial charge in [0.25, 0.3) is 0 Å². The first-order valence-corrected chi connectivity index (χ1v) is 14.9. The number of unbranched alkanes of at least 4 members (excludes halogenated alkanes) is 1. The van der Waals surface area contributed by atoms with Gasteiger partial charge in [-0.3, -0.25) is 0 Å². The summed E-state index contributed by atoms with van der Waals surface area (Å²) in [6, 6.07) is 12.3. The summed E-state index contributed by atoms with van der Waals surface area (Å²) in [5.41, 5.74) is -3.88. The van der Waals surface area contributed by atoms with E-state index in [1.807, 2.05) is 24.3 Å². The second-order valence-corrected chi connectivity index (χ2v) is 11.4. The maximum Gasteiger partial charge on any atom is 0.511 e. The Hall–Kier alpha value is -4.11. The third-order valence-corrected chi connectivity index (χ3v) is 7.59. The van der Waals surface area contributed by atoms with Crippen LogP contribution in [0.1, 0.15) is 46.9 Å². The lowest BCUT2D eigenvalue weighted by Gasteiger charge is -2.11. The molecule has 236 valence electrons. The smallest absolute Gasteiger partial charge is 0.487 e. The Labute approximate surface area is 249 Å². The molecular formula is C29H28F6N4O4S. The fourth-order valence-corrected chi connectivity index (χ4v) is 4.62. The molecule has 0 saturated heterocycles. The van der Waals surface area contributed by atoms with Crippen LogP contribution in [0.15, 0.2) is 71.6 Å². The Balaban J connectivity index is 1.16. The molecule has 2 heterocycles. The molecule has 0 aliphatic rings. The van der Waals surface area contributed by atoms with Crippen molar-refractivity contribution in [2.45, 2.75) is 50.5 Å². The zero-order valence-electron chi connectivity index (χ0n) is 23.1. The van der Waals surface area contributed by atoms with E-state index in [9.17, 15) is 34.8 Å². The van der Waals surface area contributed by atoms with E-state index in [1.165, 1.54) is 29.3 Å². The zero-order chi connectivity index (χ0) is 31.8. The average molecular weight is 643 g/mol. The van der Waals surface area contributed by atoms with Gasteiger partial charge in [0.1, 0.15) is 30.1 Å². The molecule has 4 rings (SSSR count). The number of rotatable bonds is 14. The summed E-state index contributed by atoms with van der Waals surface area (Å²) in [6.45, 7) is 0.331. The first kappa shape index (κ1) is 32.8. The minimum atomic E-state index is -5.38. The van der Waals surface area contributed by atoms with Crippen molar-refractivity contribution in [1.82, 2.24) is 19.3 Å². The standard InChI is InChI=1S/C29H28F6N4O4S/c30-28(31,32)23-9-4-22(5-10-23)8-13-27-38-24(20-43-27)19-42-25-11-6-21(7-12-25)3-1-2-17-39-18-16-36-26(39)14-15-37-44(40,41)29(33,34)35/h4-13,16,18,20,37H,1-3,14-15,17,19H2/b13-8+. The highest BCUT2D eigenvalue weighted by molar-refractivity contribution is 7.90. The van der Waals surface area contributed by atoms with Crippen LogP contribution in [-0.2, 0) is 42.2 Å². The SMILES string of the molecule is O=S(=O)(NCCc1nccn1CCCCc1ccc(OCc2coc(/C=C/c3ccc(C(F)(F)F)cc3)n2)cc1)C(F)(F)F. The van der Waals surface area contributed by atoms with E-state index in [1.54, 1.807) is 22.9 Å². The van der Waals surface area contributed by atoms with Crippen LogP contribution < -0.4 is 9.46 Å². The van der Waals surface area contributed by atoms with Gasteiger partial charge >= 0.3 is 21.7 Å². The molecule has 0 bridgehead atoms. The molecule has 0 spiro atoms. The van der Waals surface area contributed by atoms with E-state index < -0.39 is 33.8 Å². The summed E-state index contributed by atoms with van der Waals surface area (Å²) in [7, 11) is -5.38. The van der Waals surface area contributed by atoms with Crippen molar-refractivity contribution in [3.8, 4) is 5.75 Å². The van der Waals surface area contributed by atoms with Crippen LogP contribution >= 0.6 is 0 Å². The van der Waals surface area contributed by atoms with Crippen LogP contribution in [0.25, 0.3) is 12.2 Å². The second kappa shape index (κ2) is 14.1. The molecule has 0 aliphatic carbocycles. The van der Waals surface area contributed by atoms with Gasteiger partial charge in [0.05, 0.1) is 5.56 Å². The first-order chi connectivity index (χ1) is 20.8. The summed E-state index contributed by atoms with van der Waals surface area (Å²) in [6.07, 6.45) is 5.84. The van der Waals surface area contributed by atoms with Gasteiger partial charge in [0.2, 0.25) is 5.89 Å². The lowest BCUT2D eigenvalue weighted by molar-refractivity contribution is -0.137. The molecule has 1 N–H and O–H groups in total. The second-order valence-electron chi connectivity index (χ2n) is 9.65. The highest BCUT2D eigenvalue weighted by atomic mass is 32.2. The lowest BCUT2D eigenvalue weighted by Crippen LogP contribution is -2.37. The van der Waals surface area contributed by atoms with Crippen LogP contribution in [0.4, 0.5) is 26.3 Å². The number of nitrogens with zero attached hydrogens (tertiary/aromatic N) is 3. The van der Waals surface area contributed by atoms with E-state index in [-0.39, 0.29) is 18.9 Å². The molecule has 8 nitrogen and oxygen atoms in total. The maximum absolute atomic E-state index is 12.7. The number of ether oxygens (including phenoxy) is 1. The number of hydrogen-bond acceptors (Lipinski definition) is 6. The summed E-state index contributed by atoms with van der Waals surface area (Å²) in [5, 5.41) is 0. The molecule has 2 aromatic heterocycles. The summed E-state index contributed by atoms with van der Waals surface area (Å²) in [4.78, 5) is 8.39. The van der Waals surface area contributed by atoms with Gasteiger partial charge in [-0.2, -0.15) is 26.3 Å². The summed E-state index contributed by atoms with van der Waals surface area (Å²) >= 11 is 0. The highest BCUT2D eigenvalue weighted by Crippen LogP contribution is 2.29. The molecule has 0 radical (unpaired) electrons. The number of imidazole rings is 1. The number of sulfonamides is 1. The van der Waals surface area contributed by atoms with E-state index in [0.29, 0.717) is 29.4 Å². The van der Waals surface area contributed by atoms with Crippen LogP contribution in [-0.4, -0.2) is 35.0 Å². The molecule has 0 fully saturated rings. The van der Waals surface area contributed by atoms with Gasteiger partial charge < -0.3 is 13.7 Å². The summed E-state index contributed by atoms with van der Waals surface area (Å²) < 4.78 is 112. The van der Waals surface area contributed by atoms with Crippen molar-refractivity contribution in [2.24, 2.45) is 0 Å². The Morgan fingerprint density at radius 2 is 1.66 bits per heavy atom. The largest absolute Gasteiger partial charge is 0.511 e. The number of aromatic nitrogens is 3. The van der Waals surface area contributed by atoms with Crippen LogP contribution in [0.3, 0.4) is 0 Å². The number of nitrogens with one attached hydrogen (secondary N) is 1. The molecule has 44 heavy (non-hydrogen) atoms. The lowest BCUT2D eigenvalue weighted by atomic mass is 10.1. The van der Waals surface area contributed by atoms with E-state index in [2.05, 4.69) is 9.97 Å².